The van der Waals surface area contributed by atoms with E-state index in [4.69, 9.17) is 11.5 Å². The third kappa shape index (κ3) is 2.77. The summed E-state index contributed by atoms with van der Waals surface area (Å²) in [6.45, 7) is 1.20. The Morgan fingerprint density at radius 3 is 2.78 bits per heavy atom. The van der Waals surface area contributed by atoms with Crippen LogP contribution < -0.4 is 16.8 Å². The zero-order valence-electron chi connectivity index (χ0n) is 9.73. The monoisotopic (exact) mass is 307 g/mol. The van der Waals surface area contributed by atoms with Crippen LogP contribution in [0.25, 0.3) is 11.3 Å². The Morgan fingerprint density at radius 1 is 1.28 bits per heavy atom. The number of nitrogens with one attached hydrogen (secondary N) is 1. The van der Waals surface area contributed by atoms with E-state index in [2.05, 4.69) is 31.2 Å². The van der Waals surface area contributed by atoms with Crippen molar-refractivity contribution in [2.45, 2.75) is 0 Å². The molecule has 94 valence electrons. The van der Waals surface area contributed by atoms with E-state index >= 15 is 0 Å². The van der Waals surface area contributed by atoms with E-state index in [0.717, 1.165) is 21.4 Å². The number of halogens is 1. The van der Waals surface area contributed by atoms with Gasteiger partial charge in [0.25, 0.3) is 0 Å². The molecule has 5 N–H and O–H groups in total. The highest BCUT2D eigenvalue weighted by Gasteiger charge is 2.10. The van der Waals surface area contributed by atoms with Crippen LogP contribution in [0.2, 0.25) is 0 Å². The van der Waals surface area contributed by atoms with Gasteiger partial charge in [-0.1, -0.05) is 34.1 Å². The van der Waals surface area contributed by atoms with Crippen LogP contribution >= 0.6 is 15.9 Å². The molecule has 0 aliphatic carbocycles. The second-order valence-corrected chi connectivity index (χ2v) is 4.54. The molecule has 0 radical (unpaired) electrons. The molecule has 0 fully saturated rings. The van der Waals surface area contributed by atoms with Crippen LogP contribution in [0.4, 0.5) is 11.6 Å². The number of nitrogens with two attached hydrogens (primary N) is 2. The van der Waals surface area contributed by atoms with Crippen molar-refractivity contribution in [3.8, 4) is 11.3 Å². The highest BCUT2D eigenvalue weighted by molar-refractivity contribution is 9.10. The number of rotatable bonds is 4. The van der Waals surface area contributed by atoms with Crippen molar-refractivity contribution in [1.82, 2.24) is 9.97 Å². The maximum Gasteiger partial charge on any atom is 0.220 e. The maximum absolute atomic E-state index is 5.65. The lowest BCUT2D eigenvalue weighted by Crippen LogP contribution is -2.14. The summed E-state index contributed by atoms with van der Waals surface area (Å²) in [4.78, 5) is 8.29. The summed E-state index contributed by atoms with van der Waals surface area (Å²) in [6, 6.07) is 7.83. The summed E-state index contributed by atoms with van der Waals surface area (Å²) in [7, 11) is 0. The third-order valence-corrected chi connectivity index (χ3v) is 3.09. The lowest BCUT2D eigenvalue weighted by molar-refractivity contribution is 1.02. The number of nitrogens with zero attached hydrogens (tertiary/aromatic N) is 2. The lowest BCUT2D eigenvalue weighted by Gasteiger charge is -2.11. The Labute approximate surface area is 114 Å². The second-order valence-electron chi connectivity index (χ2n) is 3.69. The van der Waals surface area contributed by atoms with Crippen LogP contribution in [0.1, 0.15) is 0 Å². The number of nitrogen functional groups attached to an aromatic ring is 1. The first-order valence-corrected chi connectivity index (χ1v) is 6.33. The van der Waals surface area contributed by atoms with Gasteiger partial charge in [-0.2, -0.15) is 0 Å². The number of aromatic nitrogens is 2. The fourth-order valence-electron chi connectivity index (χ4n) is 1.59. The molecular formula is C12H14BrN5. The van der Waals surface area contributed by atoms with E-state index in [1.807, 2.05) is 24.3 Å². The van der Waals surface area contributed by atoms with E-state index in [9.17, 15) is 0 Å². The molecule has 0 aliphatic heterocycles. The lowest BCUT2D eigenvalue weighted by atomic mass is 10.1. The Kier molecular flexibility index (Phi) is 4.11. The predicted octanol–water partition coefficient (Wildman–Crippen LogP) is 1.86. The molecule has 1 aromatic carbocycles. The Morgan fingerprint density at radius 2 is 2.06 bits per heavy atom. The summed E-state index contributed by atoms with van der Waals surface area (Å²) in [5, 5.41) is 3.19. The number of anilines is 2. The summed E-state index contributed by atoms with van der Waals surface area (Å²) in [6.07, 6.45) is 1.67. The topological polar surface area (TPSA) is 89.8 Å². The SMILES string of the molecule is NCCNc1cnc(N)nc1-c1ccccc1Br. The van der Waals surface area contributed by atoms with Gasteiger partial charge in [0.05, 0.1) is 11.9 Å². The van der Waals surface area contributed by atoms with Crippen LogP contribution in [0.3, 0.4) is 0 Å². The fraction of sp³-hybridized carbons (Fsp3) is 0.167. The van der Waals surface area contributed by atoms with Crippen LogP contribution in [-0.2, 0) is 0 Å². The summed E-state index contributed by atoms with van der Waals surface area (Å²) in [5.74, 6) is 0.249. The Balaban J connectivity index is 2.48. The third-order valence-electron chi connectivity index (χ3n) is 2.40. The van der Waals surface area contributed by atoms with Crippen LogP contribution in [-0.4, -0.2) is 23.1 Å². The van der Waals surface area contributed by atoms with E-state index in [1.165, 1.54) is 0 Å². The molecule has 0 unspecified atom stereocenters. The Hall–Kier alpha value is -1.66. The van der Waals surface area contributed by atoms with Crippen molar-refractivity contribution < 1.29 is 0 Å². The van der Waals surface area contributed by atoms with Gasteiger partial charge in [0.2, 0.25) is 5.95 Å². The van der Waals surface area contributed by atoms with Gasteiger partial charge in [-0.05, 0) is 6.07 Å². The summed E-state index contributed by atoms with van der Waals surface area (Å²) >= 11 is 3.51. The van der Waals surface area contributed by atoms with Gasteiger partial charge < -0.3 is 16.8 Å². The molecule has 0 atom stereocenters. The van der Waals surface area contributed by atoms with Crippen molar-refractivity contribution in [3.05, 3.63) is 34.9 Å². The minimum atomic E-state index is 0.249. The second kappa shape index (κ2) is 5.79. The van der Waals surface area contributed by atoms with Crippen LogP contribution in [0.5, 0.6) is 0 Å². The standard InChI is InChI=1S/C12H14BrN5/c13-9-4-2-1-3-8(9)11-10(16-6-5-14)7-17-12(15)18-11/h1-4,7,16H,5-6,14H2,(H2,15,17,18). The van der Waals surface area contributed by atoms with E-state index in [-0.39, 0.29) is 5.95 Å². The molecule has 1 heterocycles. The van der Waals surface area contributed by atoms with Gasteiger partial charge in [0.15, 0.2) is 0 Å². The van der Waals surface area contributed by atoms with Crippen molar-refractivity contribution >= 4 is 27.6 Å². The zero-order valence-corrected chi connectivity index (χ0v) is 11.3. The molecule has 0 saturated heterocycles. The number of benzene rings is 1. The maximum atomic E-state index is 5.65. The van der Waals surface area contributed by atoms with Gasteiger partial charge in [-0.15, -0.1) is 0 Å². The van der Waals surface area contributed by atoms with Gasteiger partial charge >= 0.3 is 0 Å². The molecular weight excluding hydrogens is 294 g/mol. The zero-order chi connectivity index (χ0) is 13.0. The normalized spacial score (nSPS) is 10.3. The quantitative estimate of drug-likeness (QED) is 0.802. The molecule has 0 amide bonds. The highest BCUT2D eigenvalue weighted by atomic mass is 79.9. The minimum Gasteiger partial charge on any atom is -0.381 e. The molecule has 18 heavy (non-hydrogen) atoms. The van der Waals surface area contributed by atoms with E-state index in [1.54, 1.807) is 6.20 Å². The van der Waals surface area contributed by atoms with Crippen LogP contribution in [0.15, 0.2) is 34.9 Å². The summed E-state index contributed by atoms with van der Waals surface area (Å²) in [5.41, 5.74) is 13.7. The van der Waals surface area contributed by atoms with Gasteiger partial charge in [0.1, 0.15) is 5.69 Å². The van der Waals surface area contributed by atoms with Crippen molar-refractivity contribution in [2.75, 3.05) is 24.1 Å². The largest absolute Gasteiger partial charge is 0.381 e. The van der Waals surface area contributed by atoms with Gasteiger partial charge in [-0.3, -0.25) is 0 Å². The molecule has 0 bridgehead atoms. The smallest absolute Gasteiger partial charge is 0.220 e. The molecule has 0 saturated carbocycles. The van der Waals surface area contributed by atoms with Gasteiger partial charge in [-0.25, -0.2) is 9.97 Å². The number of hydrogen-bond acceptors (Lipinski definition) is 5. The average Bonchev–Trinajstić information content (AvgIpc) is 2.38. The molecule has 0 spiro atoms. The number of hydrogen-bond donors (Lipinski definition) is 3. The van der Waals surface area contributed by atoms with Crippen molar-refractivity contribution in [2.24, 2.45) is 5.73 Å². The fourth-order valence-corrected chi connectivity index (χ4v) is 2.06. The molecule has 2 aromatic rings. The van der Waals surface area contributed by atoms with Crippen molar-refractivity contribution in [3.63, 3.8) is 0 Å². The summed E-state index contributed by atoms with van der Waals surface area (Å²) < 4.78 is 0.957. The first-order chi connectivity index (χ1) is 8.72. The minimum absolute atomic E-state index is 0.249. The molecule has 2 rings (SSSR count). The highest BCUT2D eigenvalue weighted by Crippen LogP contribution is 2.31. The molecule has 1 aromatic heterocycles. The van der Waals surface area contributed by atoms with E-state index < -0.39 is 0 Å². The molecule has 0 aliphatic rings. The van der Waals surface area contributed by atoms with Gasteiger partial charge in [0, 0.05) is 23.1 Å². The average molecular weight is 308 g/mol. The predicted molar refractivity (Wildman–Crippen MR) is 77.1 cm³/mol. The first-order valence-electron chi connectivity index (χ1n) is 5.53. The van der Waals surface area contributed by atoms with Crippen LogP contribution in [0, 0.1) is 0 Å². The molecule has 5 nitrogen and oxygen atoms in total. The molecule has 6 heteroatoms. The Bertz CT molecular complexity index is 544. The van der Waals surface area contributed by atoms with Crippen molar-refractivity contribution in [1.29, 1.82) is 0 Å². The first kappa shape index (κ1) is 12.8. The van der Waals surface area contributed by atoms with E-state index in [0.29, 0.717) is 13.1 Å².